The average molecular weight is 388 g/mol. The third kappa shape index (κ3) is 3.30. The first-order valence-corrected chi connectivity index (χ1v) is 9.41. The molecule has 0 spiro atoms. The summed E-state index contributed by atoms with van der Waals surface area (Å²) in [6.07, 6.45) is 8.08. The van der Waals surface area contributed by atoms with Crippen molar-refractivity contribution in [3.8, 4) is 0 Å². The van der Waals surface area contributed by atoms with Crippen LogP contribution >= 0.6 is 11.6 Å². The number of aromatic nitrogens is 4. The van der Waals surface area contributed by atoms with Crippen LogP contribution in [0.1, 0.15) is 37.4 Å². The fraction of sp³-hybridized carbons (Fsp3) is 0.444. The minimum absolute atomic E-state index is 0.454. The van der Waals surface area contributed by atoms with Crippen LogP contribution in [0.3, 0.4) is 0 Å². The van der Waals surface area contributed by atoms with Crippen molar-refractivity contribution in [2.75, 3.05) is 18.0 Å². The maximum atomic E-state index is 6.64. The number of fused-ring (bicyclic) bond motifs is 1. The SMILES string of the molecule is Cc1nc2ncnn2c(N2CCC(C)CC2)c1C1=C(Cl)CC(=NON)C=C1. The number of nitrogens with two attached hydrogens (primary N) is 1. The summed E-state index contributed by atoms with van der Waals surface area (Å²) in [4.78, 5) is 15.7. The van der Waals surface area contributed by atoms with E-state index in [2.05, 4.69) is 37.0 Å². The second kappa shape index (κ2) is 7.28. The predicted octanol–water partition coefficient (Wildman–Crippen LogP) is 2.83. The first-order chi connectivity index (χ1) is 13.1. The van der Waals surface area contributed by atoms with Crippen LogP contribution in [-0.4, -0.2) is 38.4 Å². The van der Waals surface area contributed by atoms with Crippen molar-refractivity contribution in [1.29, 1.82) is 0 Å². The molecule has 0 radical (unpaired) electrons. The molecule has 1 fully saturated rings. The van der Waals surface area contributed by atoms with Crippen LogP contribution in [0, 0.1) is 12.8 Å². The highest BCUT2D eigenvalue weighted by Crippen LogP contribution is 2.37. The molecular formula is C18H22ClN7O. The zero-order valence-corrected chi connectivity index (χ0v) is 16.1. The molecule has 2 aliphatic rings. The van der Waals surface area contributed by atoms with E-state index in [0.29, 0.717) is 22.9 Å². The van der Waals surface area contributed by atoms with E-state index in [-0.39, 0.29) is 0 Å². The van der Waals surface area contributed by atoms with Gasteiger partial charge in [0.05, 0.1) is 11.4 Å². The third-order valence-electron chi connectivity index (χ3n) is 5.18. The predicted molar refractivity (Wildman–Crippen MR) is 105 cm³/mol. The van der Waals surface area contributed by atoms with E-state index in [1.807, 2.05) is 23.6 Å². The van der Waals surface area contributed by atoms with Gasteiger partial charge in [-0.05, 0) is 31.8 Å². The Kier molecular flexibility index (Phi) is 4.84. The molecule has 1 aliphatic carbocycles. The average Bonchev–Trinajstić information content (AvgIpc) is 3.10. The van der Waals surface area contributed by atoms with Gasteiger partial charge < -0.3 is 9.84 Å². The van der Waals surface area contributed by atoms with Gasteiger partial charge in [0.15, 0.2) is 0 Å². The topological polar surface area (TPSA) is 93.9 Å². The number of oxime groups is 1. The molecule has 0 bridgehead atoms. The third-order valence-corrected chi connectivity index (χ3v) is 5.51. The molecule has 2 aromatic heterocycles. The fourth-order valence-electron chi connectivity index (χ4n) is 3.69. The quantitative estimate of drug-likeness (QED) is 0.814. The Balaban J connectivity index is 1.87. The molecule has 0 unspecified atom stereocenters. The highest BCUT2D eigenvalue weighted by molar-refractivity contribution is 6.36. The van der Waals surface area contributed by atoms with Gasteiger partial charge in [0.1, 0.15) is 12.1 Å². The Morgan fingerprint density at radius 1 is 1.30 bits per heavy atom. The molecule has 0 aromatic carbocycles. The smallest absolute Gasteiger partial charge is 0.254 e. The number of hydrogen-bond acceptors (Lipinski definition) is 7. The number of anilines is 1. The number of piperidine rings is 1. The van der Waals surface area contributed by atoms with Gasteiger partial charge in [0.25, 0.3) is 5.78 Å². The van der Waals surface area contributed by atoms with Gasteiger partial charge in [0.2, 0.25) is 0 Å². The standard InChI is InChI=1S/C18H22ClN7O/c1-11-5-7-25(8-6-11)17-16(12(2)23-18-21-10-22-26(17)18)14-4-3-13(24-27-20)9-15(14)19/h3-4,10-11H,5-9,20H2,1-2H3. The maximum Gasteiger partial charge on any atom is 0.254 e. The molecule has 2 aromatic rings. The number of halogens is 1. The zero-order chi connectivity index (χ0) is 19.0. The van der Waals surface area contributed by atoms with Crippen LogP contribution in [0.2, 0.25) is 0 Å². The summed E-state index contributed by atoms with van der Waals surface area (Å²) < 4.78 is 1.82. The largest absolute Gasteiger partial charge is 0.356 e. The maximum absolute atomic E-state index is 6.64. The molecule has 8 nitrogen and oxygen atoms in total. The normalized spacial score (nSPS) is 20.1. The minimum Gasteiger partial charge on any atom is -0.356 e. The summed E-state index contributed by atoms with van der Waals surface area (Å²) in [5, 5.41) is 8.88. The van der Waals surface area contributed by atoms with Crippen molar-refractivity contribution in [2.45, 2.75) is 33.1 Å². The lowest BCUT2D eigenvalue weighted by molar-refractivity contribution is 0.149. The first-order valence-electron chi connectivity index (χ1n) is 9.03. The lowest BCUT2D eigenvalue weighted by Crippen LogP contribution is -2.35. The van der Waals surface area contributed by atoms with E-state index < -0.39 is 0 Å². The molecular weight excluding hydrogens is 366 g/mol. The highest BCUT2D eigenvalue weighted by atomic mass is 35.5. The Morgan fingerprint density at radius 3 is 2.78 bits per heavy atom. The lowest BCUT2D eigenvalue weighted by Gasteiger charge is -2.34. The van der Waals surface area contributed by atoms with Crippen molar-refractivity contribution >= 4 is 34.5 Å². The van der Waals surface area contributed by atoms with E-state index >= 15 is 0 Å². The Morgan fingerprint density at radius 2 is 2.07 bits per heavy atom. The molecule has 142 valence electrons. The molecule has 1 aliphatic heterocycles. The molecule has 4 rings (SSSR count). The van der Waals surface area contributed by atoms with Gasteiger partial charge in [0, 0.05) is 35.7 Å². The summed E-state index contributed by atoms with van der Waals surface area (Å²) in [6, 6.07) is 0. The minimum atomic E-state index is 0.454. The zero-order valence-electron chi connectivity index (χ0n) is 15.4. The Bertz CT molecular complexity index is 954. The molecule has 0 amide bonds. The first kappa shape index (κ1) is 17.9. The summed E-state index contributed by atoms with van der Waals surface area (Å²) in [6.45, 7) is 6.21. The molecule has 0 atom stereocenters. The molecule has 27 heavy (non-hydrogen) atoms. The van der Waals surface area contributed by atoms with Crippen molar-refractivity contribution in [1.82, 2.24) is 19.6 Å². The van der Waals surface area contributed by atoms with Crippen LogP contribution < -0.4 is 10.8 Å². The van der Waals surface area contributed by atoms with Crippen molar-refractivity contribution in [2.24, 2.45) is 17.0 Å². The van der Waals surface area contributed by atoms with Gasteiger partial charge in [-0.15, -0.1) is 5.90 Å². The van der Waals surface area contributed by atoms with Crippen LogP contribution in [0.5, 0.6) is 0 Å². The van der Waals surface area contributed by atoms with E-state index in [4.69, 9.17) is 17.5 Å². The summed E-state index contributed by atoms with van der Waals surface area (Å²) in [5.41, 5.74) is 3.45. The number of allylic oxidation sites excluding steroid dienone is 4. The summed E-state index contributed by atoms with van der Waals surface area (Å²) in [5.74, 6) is 7.36. The molecule has 3 heterocycles. The van der Waals surface area contributed by atoms with Gasteiger partial charge in [-0.2, -0.15) is 14.6 Å². The number of aryl methyl sites for hydroxylation is 1. The van der Waals surface area contributed by atoms with E-state index in [0.717, 1.165) is 54.5 Å². The monoisotopic (exact) mass is 387 g/mol. The van der Waals surface area contributed by atoms with Crippen LogP contribution in [0.4, 0.5) is 5.82 Å². The molecule has 0 saturated carbocycles. The van der Waals surface area contributed by atoms with Gasteiger partial charge >= 0.3 is 0 Å². The van der Waals surface area contributed by atoms with Crippen molar-refractivity contribution in [3.63, 3.8) is 0 Å². The van der Waals surface area contributed by atoms with Crippen LogP contribution in [-0.2, 0) is 4.94 Å². The van der Waals surface area contributed by atoms with Crippen molar-refractivity contribution in [3.05, 3.63) is 34.8 Å². The van der Waals surface area contributed by atoms with Gasteiger partial charge in [-0.25, -0.2) is 4.98 Å². The molecule has 9 heteroatoms. The van der Waals surface area contributed by atoms with E-state index in [1.54, 1.807) is 0 Å². The number of nitrogens with zero attached hydrogens (tertiary/aromatic N) is 6. The van der Waals surface area contributed by atoms with Crippen LogP contribution in [0.15, 0.2) is 28.7 Å². The van der Waals surface area contributed by atoms with Crippen molar-refractivity contribution < 1.29 is 4.94 Å². The second-order valence-corrected chi connectivity index (χ2v) is 7.51. The van der Waals surface area contributed by atoms with Crippen LogP contribution in [0.25, 0.3) is 11.4 Å². The molecule has 1 saturated heterocycles. The Labute approximate surface area is 162 Å². The fourth-order valence-corrected chi connectivity index (χ4v) is 3.99. The van der Waals surface area contributed by atoms with Gasteiger partial charge in [-0.3, -0.25) is 0 Å². The summed E-state index contributed by atoms with van der Waals surface area (Å²) in [7, 11) is 0. The summed E-state index contributed by atoms with van der Waals surface area (Å²) >= 11 is 6.64. The van der Waals surface area contributed by atoms with E-state index in [1.165, 1.54) is 6.33 Å². The highest BCUT2D eigenvalue weighted by Gasteiger charge is 2.27. The van der Waals surface area contributed by atoms with Gasteiger partial charge in [-0.1, -0.05) is 29.8 Å². The Hall–Kier alpha value is -2.45. The van der Waals surface area contributed by atoms with E-state index in [9.17, 15) is 0 Å². The lowest BCUT2D eigenvalue weighted by atomic mass is 9.95. The number of rotatable bonds is 3. The number of hydrogen-bond donors (Lipinski definition) is 1. The molecule has 2 N–H and O–H groups in total. The second-order valence-electron chi connectivity index (χ2n) is 7.05.